The molecule has 0 saturated carbocycles. The summed E-state index contributed by atoms with van der Waals surface area (Å²) < 4.78 is 0. The first-order valence-electron chi connectivity index (χ1n) is 4.14. The topological polar surface area (TPSA) is 87.3 Å². The monoisotopic (exact) mass is 197 g/mol. The molecule has 0 unspecified atom stereocenters. The molecule has 2 N–H and O–H groups in total. The van der Waals surface area contributed by atoms with Crippen LogP contribution in [0, 0.1) is 0 Å². The fraction of sp³-hybridized carbons (Fsp3) is 0.375. The lowest BCUT2D eigenvalue weighted by molar-refractivity contribution is 0.159. The highest BCUT2D eigenvalue weighted by atomic mass is 16.6. The predicted octanol–water partition coefficient (Wildman–Crippen LogP) is -0.176. The Balaban J connectivity index is 3.08. The quantitative estimate of drug-likeness (QED) is 0.520. The number of hydrogen-bond donors (Lipinski definition) is 2. The molecule has 0 atom stereocenters. The highest BCUT2D eigenvalue weighted by Crippen LogP contribution is 1.90. The van der Waals surface area contributed by atoms with Crippen LogP contribution in [0.15, 0.2) is 20.9 Å². The Kier molecular flexibility index (Phi) is 3.22. The van der Waals surface area contributed by atoms with Crippen molar-refractivity contribution in [1.29, 1.82) is 0 Å². The summed E-state index contributed by atoms with van der Waals surface area (Å²) in [7, 11) is 0. The van der Waals surface area contributed by atoms with Gasteiger partial charge in [0.05, 0.1) is 11.3 Å². The second kappa shape index (κ2) is 4.40. The van der Waals surface area contributed by atoms with E-state index in [2.05, 4.69) is 15.1 Å². The van der Waals surface area contributed by atoms with Crippen LogP contribution in [0.1, 0.15) is 19.4 Å². The molecule has 0 bridgehead atoms. The van der Waals surface area contributed by atoms with Gasteiger partial charge in [0.15, 0.2) is 0 Å². The summed E-state index contributed by atoms with van der Waals surface area (Å²) >= 11 is 0. The van der Waals surface area contributed by atoms with Crippen molar-refractivity contribution < 1.29 is 4.84 Å². The van der Waals surface area contributed by atoms with E-state index in [4.69, 9.17) is 4.84 Å². The van der Waals surface area contributed by atoms with Crippen LogP contribution in [0.4, 0.5) is 0 Å². The van der Waals surface area contributed by atoms with E-state index in [-0.39, 0.29) is 5.56 Å². The molecule has 6 heteroatoms. The molecular weight excluding hydrogens is 186 g/mol. The summed E-state index contributed by atoms with van der Waals surface area (Å²) in [5, 5.41) is 3.68. The van der Waals surface area contributed by atoms with Crippen LogP contribution in [0.25, 0.3) is 0 Å². The molecular formula is C8H11N3O3. The van der Waals surface area contributed by atoms with Gasteiger partial charge in [0.2, 0.25) is 0 Å². The van der Waals surface area contributed by atoms with Crippen LogP contribution < -0.4 is 11.2 Å². The summed E-state index contributed by atoms with van der Waals surface area (Å²) in [5.41, 5.74) is -0.305. The van der Waals surface area contributed by atoms with E-state index < -0.39 is 11.2 Å². The lowest BCUT2D eigenvalue weighted by Crippen LogP contribution is -2.26. The Morgan fingerprint density at radius 1 is 1.57 bits per heavy atom. The average molecular weight is 197 g/mol. The van der Waals surface area contributed by atoms with Gasteiger partial charge in [-0.25, -0.2) is 4.79 Å². The minimum Gasteiger partial charge on any atom is -0.396 e. The van der Waals surface area contributed by atoms with E-state index in [0.29, 0.717) is 12.3 Å². The van der Waals surface area contributed by atoms with Crippen molar-refractivity contribution in [1.82, 2.24) is 9.97 Å². The lowest BCUT2D eigenvalue weighted by Gasteiger charge is -1.98. The smallest absolute Gasteiger partial charge is 0.325 e. The van der Waals surface area contributed by atoms with Crippen LogP contribution in [-0.2, 0) is 4.84 Å². The number of rotatable bonds is 3. The maximum atomic E-state index is 11.2. The normalized spacial score (nSPS) is 11.4. The number of oxime groups is 1. The molecule has 1 aromatic heterocycles. The van der Waals surface area contributed by atoms with Gasteiger partial charge in [-0.2, -0.15) is 0 Å². The first-order chi connectivity index (χ1) is 6.65. The van der Waals surface area contributed by atoms with Gasteiger partial charge in [-0.15, -0.1) is 0 Å². The van der Waals surface area contributed by atoms with Crippen LogP contribution in [0.2, 0.25) is 0 Å². The van der Waals surface area contributed by atoms with E-state index in [0.717, 1.165) is 0 Å². The van der Waals surface area contributed by atoms with Crippen molar-refractivity contribution in [3.63, 3.8) is 0 Å². The first-order valence-corrected chi connectivity index (χ1v) is 4.14. The van der Waals surface area contributed by atoms with E-state index in [1.807, 2.05) is 0 Å². The zero-order valence-electron chi connectivity index (χ0n) is 7.96. The van der Waals surface area contributed by atoms with Gasteiger partial charge in [0.1, 0.15) is 6.61 Å². The Labute approximate surface area is 79.6 Å². The predicted molar refractivity (Wildman–Crippen MR) is 51.5 cm³/mol. The molecule has 6 nitrogen and oxygen atoms in total. The standard InChI is InChI=1S/C8H11N3O3/c1-3-14-11-5(2)6-4-9-8(13)10-7(6)12/h4H,3H2,1-2H3,(H2,9,10,12,13). The minimum absolute atomic E-state index is 0.290. The zero-order valence-corrected chi connectivity index (χ0v) is 7.96. The third kappa shape index (κ3) is 2.32. The maximum Gasteiger partial charge on any atom is 0.325 e. The summed E-state index contributed by atoms with van der Waals surface area (Å²) in [5.74, 6) is 0. The molecule has 0 aliphatic heterocycles. The molecule has 0 aliphatic rings. The van der Waals surface area contributed by atoms with E-state index in [1.54, 1.807) is 13.8 Å². The molecule has 0 fully saturated rings. The number of nitrogens with zero attached hydrogens (tertiary/aromatic N) is 1. The number of aromatic nitrogens is 2. The second-order valence-corrected chi connectivity index (χ2v) is 2.58. The molecule has 76 valence electrons. The van der Waals surface area contributed by atoms with Crippen molar-refractivity contribution in [2.75, 3.05) is 6.61 Å². The van der Waals surface area contributed by atoms with Crippen molar-refractivity contribution >= 4 is 5.71 Å². The molecule has 0 saturated heterocycles. The fourth-order valence-electron chi connectivity index (χ4n) is 0.889. The number of nitrogens with one attached hydrogen (secondary N) is 2. The number of hydrogen-bond acceptors (Lipinski definition) is 4. The van der Waals surface area contributed by atoms with Gasteiger partial charge in [-0.05, 0) is 13.8 Å². The van der Waals surface area contributed by atoms with E-state index in [1.165, 1.54) is 6.20 Å². The Bertz CT molecular complexity index is 444. The lowest BCUT2D eigenvalue weighted by atomic mass is 10.2. The molecule has 14 heavy (non-hydrogen) atoms. The first kappa shape index (κ1) is 10.2. The molecule has 0 spiro atoms. The highest BCUT2D eigenvalue weighted by molar-refractivity contribution is 5.97. The molecule has 0 radical (unpaired) electrons. The Morgan fingerprint density at radius 3 is 2.86 bits per heavy atom. The maximum absolute atomic E-state index is 11.2. The number of aromatic amines is 2. The average Bonchev–Trinajstić information content (AvgIpc) is 2.14. The third-order valence-electron chi connectivity index (χ3n) is 1.54. The molecule has 1 heterocycles. The van der Waals surface area contributed by atoms with Crippen molar-refractivity contribution in [2.45, 2.75) is 13.8 Å². The molecule has 1 aromatic rings. The Hall–Kier alpha value is -1.85. The summed E-state index contributed by atoms with van der Waals surface area (Å²) in [6.45, 7) is 3.84. The van der Waals surface area contributed by atoms with Gasteiger partial charge in [0, 0.05) is 6.20 Å². The molecule has 0 aromatic carbocycles. The van der Waals surface area contributed by atoms with Gasteiger partial charge in [-0.1, -0.05) is 5.16 Å². The van der Waals surface area contributed by atoms with Crippen LogP contribution in [0.5, 0.6) is 0 Å². The summed E-state index contributed by atoms with van der Waals surface area (Å²) in [6.07, 6.45) is 1.30. The van der Waals surface area contributed by atoms with Gasteiger partial charge < -0.3 is 9.82 Å². The van der Waals surface area contributed by atoms with Crippen molar-refractivity contribution in [2.24, 2.45) is 5.16 Å². The molecule has 1 rings (SSSR count). The van der Waals surface area contributed by atoms with E-state index in [9.17, 15) is 9.59 Å². The van der Waals surface area contributed by atoms with Crippen molar-refractivity contribution in [3.05, 3.63) is 32.6 Å². The van der Waals surface area contributed by atoms with Gasteiger partial charge >= 0.3 is 5.69 Å². The fourth-order valence-corrected chi connectivity index (χ4v) is 0.889. The molecule has 0 aliphatic carbocycles. The molecule has 0 amide bonds. The van der Waals surface area contributed by atoms with Crippen LogP contribution in [0.3, 0.4) is 0 Å². The SMILES string of the molecule is CCON=C(C)c1c[nH]c(=O)[nH]c1=O. The summed E-state index contributed by atoms with van der Waals surface area (Å²) in [6, 6.07) is 0. The highest BCUT2D eigenvalue weighted by Gasteiger charge is 2.03. The Morgan fingerprint density at radius 2 is 2.29 bits per heavy atom. The summed E-state index contributed by atoms with van der Waals surface area (Å²) in [4.78, 5) is 31.2. The van der Waals surface area contributed by atoms with Crippen molar-refractivity contribution in [3.8, 4) is 0 Å². The van der Waals surface area contributed by atoms with Crippen LogP contribution >= 0.6 is 0 Å². The zero-order chi connectivity index (χ0) is 10.6. The second-order valence-electron chi connectivity index (χ2n) is 2.58. The van der Waals surface area contributed by atoms with E-state index >= 15 is 0 Å². The largest absolute Gasteiger partial charge is 0.396 e. The third-order valence-corrected chi connectivity index (χ3v) is 1.54. The van der Waals surface area contributed by atoms with Gasteiger partial charge in [0.25, 0.3) is 5.56 Å². The number of H-pyrrole nitrogens is 2. The minimum atomic E-state index is -0.539. The van der Waals surface area contributed by atoms with Gasteiger partial charge in [-0.3, -0.25) is 9.78 Å². The van der Waals surface area contributed by atoms with Crippen LogP contribution in [-0.4, -0.2) is 22.3 Å².